The fraction of sp³-hybridized carbons (Fsp3) is 0.333. The molecule has 0 aromatic heterocycles. The van der Waals surface area contributed by atoms with Gasteiger partial charge in [-0.25, -0.2) is 10.0 Å². The predicted molar refractivity (Wildman–Crippen MR) is 113 cm³/mol. The number of amides is 2. The lowest BCUT2D eigenvalue weighted by Gasteiger charge is -2.43. The van der Waals surface area contributed by atoms with Crippen LogP contribution in [0.2, 0.25) is 5.02 Å². The van der Waals surface area contributed by atoms with Crippen LogP contribution in [0.1, 0.15) is 47.1 Å². The molecule has 0 fully saturated rings. The van der Waals surface area contributed by atoms with Crippen LogP contribution in [-0.2, 0) is 0 Å². The number of thioether (sulfide) groups is 1. The number of hydrogen-bond acceptors (Lipinski definition) is 3. The van der Waals surface area contributed by atoms with Crippen molar-refractivity contribution < 1.29 is 9.59 Å². The zero-order valence-electron chi connectivity index (χ0n) is 16.3. The number of benzene rings is 2. The average Bonchev–Trinajstić information content (AvgIpc) is 2.60. The van der Waals surface area contributed by atoms with Gasteiger partial charge in [0.1, 0.15) is 0 Å². The van der Waals surface area contributed by atoms with Crippen molar-refractivity contribution in [3.63, 3.8) is 0 Å². The summed E-state index contributed by atoms with van der Waals surface area (Å²) in [6.07, 6.45) is 1.89. The number of carbonyl (C=O) groups excluding carboxylic acids is 2. The summed E-state index contributed by atoms with van der Waals surface area (Å²) < 4.78 is 0. The molecule has 0 saturated carbocycles. The van der Waals surface area contributed by atoms with Gasteiger partial charge in [-0.3, -0.25) is 9.59 Å². The highest BCUT2D eigenvalue weighted by atomic mass is 35.5. The van der Waals surface area contributed by atoms with Gasteiger partial charge in [0, 0.05) is 5.56 Å². The third-order valence-electron chi connectivity index (χ3n) is 3.92. The van der Waals surface area contributed by atoms with E-state index in [1.54, 1.807) is 30.3 Å². The molecule has 2 amide bonds. The van der Waals surface area contributed by atoms with E-state index in [4.69, 9.17) is 11.6 Å². The largest absolute Gasteiger partial charge is 0.274 e. The standard InChI is InChI=1S/C21H25ClN2O2S/c1-15-9-8-10-16(13-15)19(25)24(21(2,3)4)23(14-27-5)20(26)17-11-6-7-12-18(17)22/h6-13H,14H2,1-5H3. The molecule has 4 nitrogen and oxygen atoms in total. The minimum absolute atomic E-state index is 0.222. The molecule has 27 heavy (non-hydrogen) atoms. The second-order valence-corrected chi connectivity index (χ2v) is 8.50. The summed E-state index contributed by atoms with van der Waals surface area (Å²) in [5, 5.41) is 3.38. The number of nitrogens with zero attached hydrogens (tertiary/aromatic N) is 2. The Morgan fingerprint density at radius 1 is 1.04 bits per heavy atom. The van der Waals surface area contributed by atoms with Crippen LogP contribution < -0.4 is 0 Å². The van der Waals surface area contributed by atoms with Crippen LogP contribution in [0.4, 0.5) is 0 Å². The number of carbonyl (C=O) groups is 2. The molecule has 0 unspecified atom stereocenters. The maximum atomic E-state index is 13.4. The number of hydrogen-bond donors (Lipinski definition) is 0. The molecule has 2 rings (SSSR count). The summed E-state index contributed by atoms with van der Waals surface area (Å²) in [4.78, 5) is 26.7. The molecular formula is C21H25ClN2O2S. The van der Waals surface area contributed by atoms with Crippen LogP contribution in [0, 0.1) is 6.92 Å². The number of aryl methyl sites for hydroxylation is 1. The van der Waals surface area contributed by atoms with Gasteiger partial charge >= 0.3 is 0 Å². The van der Waals surface area contributed by atoms with Crippen LogP contribution in [0.25, 0.3) is 0 Å². The van der Waals surface area contributed by atoms with Gasteiger partial charge in [-0.2, -0.15) is 0 Å². The van der Waals surface area contributed by atoms with Gasteiger partial charge in [0.15, 0.2) is 0 Å². The lowest BCUT2D eigenvalue weighted by Crippen LogP contribution is -2.58. The van der Waals surface area contributed by atoms with Gasteiger partial charge in [-0.15, -0.1) is 11.8 Å². The molecule has 0 atom stereocenters. The van der Waals surface area contributed by atoms with Crippen molar-refractivity contribution in [2.75, 3.05) is 12.1 Å². The third kappa shape index (κ3) is 5.05. The van der Waals surface area contributed by atoms with Crippen LogP contribution in [0.15, 0.2) is 48.5 Å². The van der Waals surface area contributed by atoms with Crippen molar-refractivity contribution >= 4 is 35.2 Å². The van der Waals surface area contributed by atoms with Gasteiger partial charge in [0.25, 0.3) is 11.8 Å². The molecule has 2 aromatic rings. The maximum Gasteiger partial charge on any atom is 0.274 e. The maximum absolute atomic E-state index is 13.4. The lowest BCUT2D eigenvalue weighted by molar-refractivity contribution is -0.0339. The molecule has 2 aromatic carbocycles. The Morgan fingerprint density at radius 2 is 1.70 bits per heavy atom. The Hall–Kier alpha value is -1.98. The van der Waals surface area contributed by atoms with Crippen molar-refractivity contribution in [2.24, 2.45) is 0 Å². The minimum Gasteiger partial charge on any atom is -0.267 e. The van der Waals surface area contributed by atoms with Crippen LogP contribution >= 0.6 is 23.4 Å². The zero-order chi connectivity index (χ0) is 20.2. The number of halogens is 1. The van der Waals surface area contributed by atoms with Gasteiger partial charge in [-0.05, 0) is 58.2 Å². The number of hydrazine groups is 1. The summed E-state index contributed by atoms with van der Waals surface area (Å²) in [6, 6.07) is 14.3. The van der Waals surface area contributed by atoms with E-state index >= 15 is 0 Å². The Balaban J connectivity index is 2.52. The molecule has 0 aliphatic rings. The molecule has 0 aliphatic heterocycles. The molecule has 0 saturated heterocycles. The lowest BCUT2D eigenvalue weighted by atomic mass is 10.0. The highest BCUT2D eigenvalue weighted by molar-refractivity contribution is 7.98. The smallest absolute Gasteiger partial charge is 0.267 e. The van der Waals surface area contributed by atoms with Crippen molar-refractivity contribution in [3.8, 4) is 0 Å². The van der Waals surface area contributed by atoms with Crippen molar-refractivity contribution in [3.05, 3.63) is 70.2 Å². The quantitative estimate of drug-likeness (QED) is 0.515. The Morgan fingerprint density at radius 3 is 2.26 bits per heavy atom. The van der Waals surface area contributed by atoms with Gasteiger partial charge in [0.2, 0.25) is 0 Å². The monoisotopic (exact) mass is 404 g/mol. The van der Waals surface area contributed by atoms with Crippen LogP contribution in [0.3, 0.4) is 0 Å². The van der Waals surface area contributed by atoms with E-state index in [9.17, 15) is 9.59 Å². The fourth-order valence-electron chi connectivity index (χ4n) is 2.78. The summed E-state index contributed by atoms with van der Waals surface area (Å²) in [5.41, 5.74) is 1.30. The van der Waals surface area contributed by atoms with E-state index in [0.29, 0.717) is 22.0 Å². The molecule has 0 radical (unpaired) electrons. The SMILES string of the molecule is CSCN(C(=O)c1ccccc1Cl)N(C(=O)c1cccc(C)c1)C(C)(C)C. The molecule has 0 N–H and O–H groups in total. The molecular weight excluding hydrogens is 380 g/mol. The fourth-order valence-corrected chi connectivity index (χ4v) is 3.47. The summed E-state index contributed by atoms with van der Waals surface area (Å²) >= 11 is 7.71. The molecule has 0 heterocycles. The highest BCUT2D eigenvalue weighted by Crippen LogP contribution is 2.26. The van der Waals surface area contributed by atoms with E-state index in [2.05, 4.69) is 0 Å². The Bertz CT molecular complexity index is 833. The second kappa shape index (κ2) is 8.81. The van der Waals surface area contributed by atoms with Crippen LogP contribution in [-0.4, -0.2) is 39.5 Å². The summed E-state index contributed by atoms with van der Waals surface area (Å²) in [5.74, 6) is -0.190. The van der Waals surface area contributed by atoms with Crippen molar-refractivity contribution in [2.45, 2.75) is 33.2 Å². The van der Waals surface area contributed by atoms with Crippen molar-refractivity contribution in [1.82, 2.24) is 10.0 Å². The van der Waals surface area contributed by atoms with E-state index in [0.717, 1.165) is 5.56 Å². The van der Waals surface area contributed by atoms with Gasteiger partial charge in [0.05, 0.1) is 22.0 Å². The summed E-state index contributed by atoms with van der Waals surface area (Å²) in [6.45, 7) is 7.67. The van der Waals surface area contributed by atoms with E-state index in [1.165, 1.54) is 21.8 Å². The first-order valence-corrected chi connectivity index (χ1v) is 10.4. The molecule has 6 heteroatoms. The molecule has 0 aliphatic carbocycles. The molecule has 0 bridgehead atoms. The van der Waals surface area contributed by atoms with Gasteiger partial charge < -0.3 is 0 Å². The first kappa shape index (κ1) is 21.3. The predicted octanol–water partition coefficient (Wildman–Crippen LogP) is 5.27. The topological polar surface area (TPSA) is 40.6 Å². The van der Waals surface area contributed by atoms with Crippen LogP contribution in [0.5, 0.6) is 0 Å². The average molecular weight is 405 g/mol. The molecule has 144 valence electrons. The Kier molecular flexibility index (Phi) is 6.95. The van der Waals surface area contributed by atoms with E-state index in [-0.39, 0.29) is 11.8 Å². The summed E-state index contributed by atoms with van der Waals surface area (Å²) in [7, 11) is 0. The first-order valence-electron chi connectivity index (χ1n) is 8.63. The normalized spacial score (nSPS) is 11.2. The first-order chi connectivity index (χ1) is 12.7. The zero-order valence-corrected chi connectivity index (χ0v) is 17.9. The third-order valence-corrected chi connectivity index (χ3v) is 4.76. The van der Waals surface area contributed by atoms with E-state index < -0.39 is 5.54 Å². The number of rotatable bonds is 4. The minimum atomic E-state index is -0.604. The highest BCUT2D eigenvalue weighted by Gasteiger charge is 2.36. The second-order valence-electron chi connectivity index (χ2n) is 7.26. The Labute approximate surface area is 170 Å². The van der Waals surface area contributed by atoms with E-state index in [1.807, 2.05) is 52.1 Å². The van der Waals surface area contributed by atoms with Gasteiger partial charge in [-0.1, -0.05) is 41.4 Å². The van der Waals surface area contributed by atoms with Crippen molar-refractivity contribution in [1.29, 1.82) is 0 Å². The molecule has 0 spiro atoms.